The molecule has 2 spiro atoms. The summed E-state index contributed by atoms with van der Waals surface area (Å²) in [6, 6.07) is 14.3. The highest BCUT2D eigenvalue weighted by atomic mass is 16.8. The van der Waals surface area contributed by atoms with Gasteiger partial charge < -0.3 is 18.9 Å². The first-order valence-electron chi connectivity index (χ1n) is 13.5. The summed E-state index contributed by atoms with van der Waals surface area (Å²) in [5.74, 6) is -0.488. The number of benzene rings is 3. The summed E-state index contributed by atoms with van der Waals surface area (Å²) in [7, 11) is 0. The van der Waals surface area contributed by atoms with Gasteiger partial charge in [-0.25, -0.2) is 0 Å². The minimum absolute atomic E-state index is 0.106. The second-order valence-electron chi connectivity index (χ2n) is 11.9. The third kappa shape index (κ3) is 2.20. The zero-order chi connectivity index (χ0) is 24.1. The number of hydrogen-bond acceptors (Lipinski definition) is 4. The molecule has 4 unspecified atom stereocenters. The monoisotopic (exact) mass is 478 g/mol. The molecule has 4 bridgehead atoms. The van der Waals surface area contributed by atoms with Crippen molar-refractivity contribution in [3.05, 3.63) is 83.0 Å². The fraction of sp³-hybridized carbons (Fsp3) is 0.438. The van der Waals surface area contributed by atoms with Crippen LogP contribution in [0.1, 0.15) is 73.6 Å². The van der Waals surface area contributed by atoms with Crippen molar-refractivity contribution in [2.24, 2.45) is 0 Å². The third-order valence-electron chi connectivity index (χ3n) is 10.1. The SMILES string of the molecule is CC1OC2(OC1C)[C@@H]1C=C[C@@H]2c2cc3cc4cc5c(cc4cc3cc21)[C@H]1C=C[C@@H]5C12OC(C)C(C)O2. The van der Waals surface area contributed by atoms with Gasteiger partial charge in [-0.1, -0.05) is 48.6 Å². The van der Waals surface area contributed by atoms with Gasteiger partial charge in [0.2, 0.25) is 0 Å². The Morgan fingerprint density at radius 1 is 0.417 bits per heavy atom. The first kappa shape index (κ1) is 20.5. The van der Waals surface area contributed by atoms with Crippen LogP contribution in [0, 0.1) is 0 Å². The zero-order valence-electron chi connectivity index (χ0n) is 21.0. The fourth-order valence-electron chi connectivity index (χ4n) is 8.09. The highest BCUT2D eigenvalue weighted by molar-refractivity contribution is 6.00. The maximum Gasteiger partial charge on any atom is 0.189 e. The summed E-state index contributed by atoms with van der Waals surface area (Å²) in [5.41, 5.74) is 5.42. The lowest BCUT2D eigenvalue weighted by atomic mass is 9.89. The van der Waals surface area contributed by atoms with Crippen molar-refractivity contribution >= 4 is 21.5 Å². The Balaban J connectivity index is 1.18. The molecule has 2 heterocycles. The van der Waals surface area contributed by atoms with Gasteiger partial charge in [-0.15, -0.1) is 0 Å². The van der Waals surface area contributed by atoms with Crippen LogP contribution in [0.3, 0.4) is 0 Å². The second kappa shape index (κ2) is 6.31. The van der Waals surface area contributed by atoms with Crippen molar-refractivity contribution in [1.29, 1.82) is 0 Å². The van der Waals surface area contributed by atoms with Crippen molar-refractivity contribution in [3.63, 3.8) is 0 Å². The van der Waals surface area contributed by atoms with Crippen molar-refractivity contribution in [1.82, 2.24) is 0 Å². The topological polar surface area (TPSA) is 36.9 Å². The lowest BCUT2D eigenvalue weighted by Gasteiger charge is -2.28. The summed E-state index contributed by atoms with van der Waals surface area (Å²) >= 11 is 0. The molecule has 9 rings (SSSR count). The zero-order valence-corrected chi connectivity index (χ0v) is 21.0. The average Bonchev–Trinajstić information content (AvgIpc) is 3.64. The molecular formula is C32H30O4. The maximum absolute atomic E-state index is 6.53. The number of rotatable bonds is 0. The van der Waals surface area contributed by atoms with Gasteiger partial charge in [0.15, 0.2) is 11.6 Å². The molecule has 36 heavy (non-hydrogen) atoms. The van der Waals surface area contributed by atoms with Gasteiger partial charge in [0.1, 0.15) is 0 Å². The van der Waals surface area contributed by atoms with Gasteiger partial charge in [-0.3, -0.25) is 0 Å². The van der Waals surface area contributed by atoms with Crippen LogP contribution in [0.15, 0.2) is 60.7 Å². The number of ether oxygens (including phenoxy) is 4. The highest BCUT2D eigenvalue weighted by Gasteiger charge is 2.63. The molecule has 0 aromatic heterocycles. The van der Waals surface area contributed by atoms with Gasteiger partial charge in [0, 0.05) is 0 Å². The molecule has 8 atom stereocenters. The first-order chi connectivity index (χ1) is 17.4. The van der Waals surface area contributed by atoms with E-state index < -0.39 is 11.6 Å². The fourth-order valence-corrected chi connectivity index (χ4v) is 8.09. The van der Waals surface area contributed by atoms with E-state index in [0.29, 0.717) is 0 Å². The lowest BCUT2D eigenvalue weighted by molar-refractivity contribution is -0.177. The molecule has 4 heteroatoms. The van der Waals surface area contributed by atoms with Crippen LogP contribution in [0.5, 0.6) is 0 Å². The maximum atomic E-state index is 6.53. The molecular weight excluding hydrogens is 448 g/mol. The lowest BCUT2D eigenvalue weighted by Crippen LogP contribution is -2.35. The Labute approximate surface area is 210 Å². The van der Waals surface area contributed by atoms with Crippen LogP contribution >= 0.6 is 0 Å². The minimum atomic E-state index is -0.562. The van der Waals surface area contributed by atoms with Crippen LogP contribution in [0.4, 0.5) is 0 Å². The number of fused-ring (bicyclic) bond motifs is 8. The molecule has 2 aliphatic heterocycles. The van der Waals surface area contributed by atoms with E-state index in [1.807, 2.05) is 0 Å². The molecule has 4 nitrogen and oxygen atoms in total. The van der Waals surface area contributed by atoms with Crippen LogP contribution in [-0.2, 0) is 18.9 Å². The molecule has 2 fully saturated rings. The van der Waals surface area contributed by atoms with Gasteiger partial charge >= 0.3 is 0 Å². The smallest absolute Gasteiger partial charge is 0.189 e. The standard InChI is InChI=1S/C32H30O4/c1-15-16(2)34-31(33-15)27-5-6-28(31)24-12-20-10-22-14-26-25(13-21(22)9-19(20)11-23(24)27)29-7-8-30(26)32(29)35-17(3)18(4)36-32/h5-18,27-30H,1-4H3/t15?,16?,17?,18?,27-,28-,29-,30+,31?,32?/m1/s1. The molecule has 4 aliphatic carbocycles. The van der Waals surface area contributed by atoms with Gasteiger partial charge in [-0.2, -0.15) is 0 Å². The van der Waals surface area contributed by atoms with E-state index >= 15 is 0 Å². The summed E-state index contributed by atoms with van der Waals surface area (Å²) in [5, 5.41) is 5.11. The Morgan fingerprint density at radius 3 is 0.917 bits per heavy atom. The normalized spacial score (nSPS) is 44.8. The van der Waals surface area contributed by atoms with E-state index in [4.69, 9.17) is 18.9 Å². The second-order valence-corrected chi connectivity index (χ2v) is 11.9. The summed E-state index contributed by atoms with van der Waals surface area (Å²) < 4.78 is 26.1. The molecule has 3 aromatic rings. The Bertz CT molecular complexity index is 1340. The molecule has 0 saturated carbocycles. The number of hydrogen-bond donors (Lipinski definition) is 0. The Hall–Kier alpha value is -2.50. The highest BCUT2D eigenvalue weighted by Crippen LogP contribution is 2.63. The molecule has 3 aromatic carbocycles. The third-order valence-corrected chi connectivity index (χ3v) is 10.1. The molecule has 6 aliphatic rings. The minimum Gasteiger partial charge on any atom is -0.342 e. The predicted octanol–water partition coefficient (Wildman–Crippen LogP) is 6.53. The Morgan fingerprint density at radius 2 is 0.667 bits per heavy atom. The Kier molecular flexibility index (Phi) is 3.60. The quantitative estimate of drug-likeness (QED) is 0.272. The van der Waals surface area contributed by atoms with Crippen molar-refractivity contribution in [2.75, 3.05) is 0 Å². The van der Waals surface area contributed by atoms with Crippen molar-refractivity contribution in [2.45, 2.75) is 87.4 Å². The van der Waals surface area contributed by atoms with E-state index in [1.54, 1.807) is 0 Å². The molecule has 182 valence electrons. The van der Waals surface area contributed by atoms with Crippen LogP contribution in [-0.4, -0.2) is 36.0 Å². The van der Waals surface area contributed by atoms with Crippen molar-refractivity contribution < 1.29 is 18.9 Å². The van der Waals surface area contributed by atoms with Gasteiger partial charge in [-0.05, 0) is 83.6 Å². The van der Waals surface area contributed by atoms with E-state index in [-0.39, 0.29) is 48.1 Å². The van der Waals surface area contributed by atoms with Gasteiger partial charge in [0.25, 0.3) is 0 Å². The van der Waals surface area contributed by atoms with Crippen molar-refractivity contribution in [3.8, 4) is 0 Å². The van der Waals surface area contributed by atoms with Crippen LogP contribution < -0.4 is 0 Å². The molecule has 0 N–H and O–H groups in total. The molecule has 2 saturated heterocycles. The van der Waals surface area contributed by atoms with Gasteiger partial charge in [0.05, 0.1) is 48.1 Å². The van der Waals surface area contributed by atoms with E-state index in [2.05, 4.69) is 88.4 Å². The van der Waals surface area contributed by atoms with E-state index in [9.17, 15) is 0 Å². The predicted molar refractivity (Wildman–Crippen MR) is 138 cm³/mol. The van der Waals surface area contributed by atoms with Crippen LogP contribution in [0.2, 0.25) is 0 Å². The van der Waals surface area contributed by atoms with E-state index in [0.717, 1.165) is 0 Å². The molecule has 0 radical (unpaired) electrons. The largest absolute Gasteiger partial charge is 0.342 e. The summed E-state index contributed by atoms with van der Waals surface area (Å²) in [6.45, 7) is 8.50. The average molecular weight is 479 g/mol. The van der Waals surface area contributed by atoms with E-state index in [1.165, 1.54) is 43.8 Å². The molecule has 0 amide bonds. The summed E-state index contributed by atoms with van der Waals surface area (Å²) in [6.07, 6.45) is 9.61. The van der Waals surface area contributed by atoms with Crippen LogP contribution in [0.25, 0.3) is 21.5 Å². The summed E-state index contributed by atoms with van der Waals surface area (Å²) in [4.78, 5) is 0. The first-order valence-corrected chi connectivity index (χ1v) is 13.5.